The minimum atomic E-state index is -3.64. The molecule has 5 nitrogen and oxygen atoms in total. The first-order chi connectivity index (χ1) is 9.89. The number of hydrogen-bond donors (Lipinski definition) is 2. The molecule has 21 heavy (non-hydrogen) atoms. The topological polar surface area (TPSA) is 84.5 Å². The molecule has 0 aliphatic carbocycles. The highest BCUT2D eigenvalue weighted by molar-refractivity contribution is 7.89. The van der Waals surface area contributed by atoms with Gasteiger partial charge in [-0.05, 0) is 31.4 Å². The van der Waals surface area contributed by atoms with Crippen LogP contribution < -0.4 is 10.6 Å². The highest BCUT2D eigenvalue weighted by atomic mass is 32.2. The van der Waals surface area contributed by atoms with Crippen LogP contribution in [0.3, 0.4) is 0 Å². The molecule has 0 aliphatic rings. The van der Waals surface area contributed by atoms with Gasteiger partial charge in [-0.2, -0.15) is 18.4 Å². The third-order valence-corrected chi connectivity index (χ3v) is 4.83. The fourth-order valence-corrected chi connectivity index (χ4v) is 2.83. The van der Waals surface area contributed by atoms with Crippen LogP contribution in [0.2, 0.25) is 0 Å². The summed E-state index contributed by atoms with van der Waals surface area (Å²) in [6, 6.07) is 6.59. The van der Waals surface area contributed by atoms with Crippen molar-refractivity contribution in [2.75, 3.05) is 0 Å². The number of aryl methyl sites for hydroxylation is 1. The van der Waals surface area contributed by atoms with Crippen molar-refractivity contribution < 1.29 is 8.42 Å². The maximum atomic E-state index is 12.0. The largest absolute Gasteiger partial charge is 0.386 e. The summed E-state index contributed by atoms with van der Waals surface area (Å²) in [5.41, 5.74) is 6.77. The fraction of sp³-hybridized carbons (Fsp3) is 0.533. The third kappa shape index (κ3) is 5.75. The van der Waals surface area contributed by atoms with Crippen LogP contribution in [-0.4, -0.2) is 14.3 Å². The second-order valence-electron chi connectivity index (χ2n) is 5.23. The average Bonchev–Trinajstić information content (AvgIpc) is 2.47. The van der Waals surface area contributed by atoms with E-state index in [1.54, 1.807) is 24.3 Å². The van der Waals surface area contributed by atoms with E-state index >= 15 is 0 Å². The lowest BCUT2D eigenvalue weighted by molar-refractivity contribution is 0.464. The number of hydrogen-bond acceptors (Lipinski definition) is 3. The molecule has 0 radical (unpaired) electrons. The lowest BCUT2D eigenvalue weighted by Crippen LogP contribution is -2.24. The number of nitrogens with two attached hydrogens (primary N) is 1. The summed E-state index contributed by atoms with van der Waals surface area (Å²) in [7, 11) is -3.64. The zero-order valence-corrected chi connectivity index (χ0v) is 13.8. The van der Waals surface area contributed by atoms with Crippen molar-refractivity contribution in [2.45, 2.75) is 51.3 Å². The van der Waals surface area contributed by atoms with Gasteiger partial charge in [-0.15, -0.1) is 0 Å². The van der Waals surface area contributed by atoms with Gasteiger partial charge in [0.25, 0.3) is 10.0 Å². The maximum absolute atomic E-state index is 12.0. The molecule has 0 saturated carbocycles. The molecule has 0 heterocycles. The van der Waals surface area contributed by atoms with Crippen LogP contribution in [0.1, 0.15) is 45.1 Å². The SMILES string of the molecule is CCC(CC)CCC(N)=NNS(=O)(=O)c1ccc(C)cc1. The van der Waals surface area contributed by atoms with Gasteiger partial charge in [0.15, 0.2) is 0 Å². The molecular formula is C15H25N3O2S. The molecule has 0 aromatic heterocycles. The van der Waals surface area contributed by atoms with Gasteiger partial charge in [0.2, 0.25) is 0 Å². The molecule has 6 heteroatoms. The summed E-state index contributed by atoms with van der Waals surface area (Å²) >= 11 is 0. The van der Waals surface area contributed by atoms with E-state index in [9.17, 15) is 8.42 Å². The predicted molar refractivity (Wildman–Crippen MR) is 86.4 cm³/mol. The lowest BCUT2D eigenvalue weighted by Gasteiger charge is -2.11. The third-order valence-electron chi connectivity index (χ3n) is 3.60. The molecule has 1 aromatic carbocycles. The van der Waals surface area contributed by atoms with Crippen molar-refractivity contribution in [2.24, 2.45) is 16.8 Å². The molecule has 3 N–H and O–H groups in total. The van der Waals surface area contributed by atoms with Crippen LogP contribution >= 0.6 is 0 Å². The zero-order valence-electron chi connectivity index (χ0n) is 13.0. The number of amidine groups is 1. The average molecular weight is 311 g/mol. The zero-order chi connectivity index (χ0) is 15.9. The Bertz CT molecular complexity index is 561. The van der Waals surface area contributed by atoms with Gasteiger partial charge in [-0.25, -0.2) is 0 Å². The van der Waals surface area contributed by atoms with E-state index < -0.39 is 10.0 Å². The number of nitrogens with zero attached hydrogens (tertiary/aromatic N) is 1. The fourth-order valence-electron chi connectivity index (χ4n) is 1.99. The number of sulfonamides is 1. The number of benzene rings is 1. The normalized spacial score (nSPS) is 12.7. The van der Waals surface area contributed by atoms with E-state index in [1.165, 1.54) is 0 Å². The van der Waals surface area contributed by atoms with Crippen molar-refractivity contribution in [3.63, 3.8) is 0 Å². The van der Waals surface area contributed by atoms with Gasteiger partial charge in [0.05, 0.1) is 4.90 Å². The molecule has 0 fully saturated rings. The Morgan fingerprint density at radius 3 is 2.33 bits per heavy atom. The van der Waals surface area contributed by atoms with Gasteiger partial charge in [0.1, 0.15) is 5.84 Å². The van der Waals surface area contributed by atoms with E-state index in [0.717, 1.165) is 24.8 Å². The molecule has 0 unspecified atom stereocenters. The van der Waals surface area contributed by atoms with E-state index in [-0.39, 0.29) is 4.90 Å². The highest BCUT2D eigenvalue weighted by Gasteiger charge is 2.12. The van der Waals surface area contributed by atoms with Gasteiger partial charge in [-0.3, -0.25) is 0 Å². The Labute approximate surface area is 127 Å². The van der Waals surface area contributed by atoms with Crippen LogP contribution in [0.5, 0.6) is 0 Å². The summed E-state index contributed by atoms with van der Waals surface area (Å²) in [6.07, 6.45) is 3.72. The molecule has 1 rings (SSSR count). The van der Waals surface area contributed by atoms with Gasteiger partial charge >= 0.3 is 0 Å². The van der Waals surface area contributed by atoms with E-state index in [2.05, 4.69) is 23.8 Å². The highest BCUT2D eigenvalue weighted by Crippen LogP contribution is 2.14. The Balaban J connectivity index is 2.63. The first-order valence-electron chi connectivity index (χ1n) is 7.29. The van der Waals surface area contributed by atoms with Gasteiger partial charge in [-0.1, -0.05) is 44.4 Å². The van der Waals surface area contributed by atoms with E-state index in [1.807, 2.05) is 6.92 Å². The molecule has 0 amide bonds. The molecule has 0 aliphatic heterocycles. The summed E-state index contributed by atoms with van der Waals surface area (Å²) in [4.78, 5) is 2.37. The lowest BCUT2D eigenvalue weighted by atomic mass is 9.97. The molecule has 0 bridgehead atoms. The summed E-state index contributed by atoms with van der Waals surface area (Å²) in [5, 5.41) is 3.79. The Hall–Kier alpha value is -1.56. The van der Waals surface area contributed by atoms with Crippen LogP contribution in [-0.2, 0) is 10.0 Å². The summed E-state index contributed by atoms with van der Waals surface area (Å²) in [6.45, 7) is 6.18. The smallest absolute Gasteiger partial charge is 0.276 e. The number of hydrazone groups is 1. The van der Waals surface area contributed by atoms with Crippen molar-refractivity contribution in [1.29, 1.82) is 0 Å². The Kier molecular flexibility index (Phi) is 6.68. The van der Waals surface area contributed by atoms with Crippen LogP contribution in [0, 0.1) is 12.8 Å². The molecule has 0 saturated heterocycles. The van der Waals surface area contributed by atoms with Crippen LogP contribution in [0.4, 0.5) is 0 Å². The van der Waals surface area contributed by atoms with Gasteiger partial charge < -0.3 is 5.73 Å². The van der Waals surface area contributed by atoms with Gasteiger partial charge in [0, 0.05) is 6.42 Å². The second-order valence-corrected chi connectivity index (χ2v) is 6.89. The molecular weight excluding hydrogens is 286 g/mol. The van der Waals surface area contributed by atoms with Crippen molar-refractivity contribution in [1.82, 2.24) is 4.83 Å². The monoisotopic (exact) mass is 311 g/mol. The molecule has 0 atom stereocenters. The number of rotatable bonds is 8. The van der Waals surface area contributed by atoms with Crippen molar-refractivity contribution >= 4 is 15.9 Å². The predicted octanol–water partition coefficient (Wildman–Crippen LogP) is 2.76. The Morgan fingerprint density at radius 1 is 1.24 bits per heavy atom. The van der Waals surface area contributed by atoms with Crippen molar-refractivity contribution in [3.05, 3.63) is 29.8 Å². The first kappa shape index (κ1) is 17.5. The Morgan fingerprint density at radius 2 is 1.81 bits per heavy atom. The summed E-state index contributed by atoms with van der Waals surface area (Å²) in [5.74, 6) is 0.921. The quantitative estimate of drug-likeness (QED) is 0.440. The minimum Gasteiger partial charge on any atom is -0.386 e. The van der Waals surface area contributed by atoms with E-state index in [0.29, 0.717) is 18.2 Å². The summed E-state index contributed by atoms with van der Waals surface area (Å²) < 4.78 is 24.0. The standard InChI is InChI=1S/C15H25N3O2S/c1-4-13(5-2)8-11-15(16)17-18-21(19,20)14-9-6-12(3)7-10-14/h6-7,9-10,13,18H,4-5,8,11H2,1-3H3,(H2,16,17). The van der Waals surface area contributed by atoms with Crippen LogP contribution in [0.25, 0.3) is 0 Å². The number of nitrogens with one attached hydrogen (secondary N) is 1. The minimum absolute atomic E-state index is 0.185. The molecule has 0 spiro atoms. The van der Waals surface area contributed by atoms with E-state index in [4.69, 9.17) is 5.73 Å². The maximum Gasteiger partial charge on any atom is 0.276 e. The van der Waals surface area contributed by atoms with Crippen LogP contribution in [0.15, 0.2) is 34.3 Å². The molecule has 118 valence electrons. The first-order valence-corrected chi connectivity index (χ1v) is 8.77. The molecule has 1 aromatic rings. The second kappa shape index (κ2) is 8.02. The van der Waals surface area contributed by atoms with Crippen molar-refractivity contribution in [3.8, 4) is 0 Å².